The molecule has 0 aliphatic rings. The molecule has 0 spiro atoms. The van der Waals surface area contributed by atoms with Gasteiger partial charge in [0.15, 0.2) is 23.3 Å². The fourth-order valence-electron chi connectivity index (χ4n) is 2.91. The minimum atomic E-state index is -2.04. The number of ether oxygens (including phenoxy) is 1. The van der Waals surface area contributed by atoms with Gasteiger partial charge in [-0.3, -0.25) is 0 Å². The number of rotatable bonds is 5. The van der Waals surface area contributed by atoms with Crippen molar-refractivity contribution < 1.29 is 27.1 Å². The van der Waals surface area contributed by atoms with E-state index in [1.165, 1.54) is 11.6 Å². The third kappa shape index (κ3) is 3.41. The van der Waals surface area contributed by atoms with Crippen molar-refractivity contribution >= 4 is 5.97 Å². The molecule has 2 aromatic carbocycles. The molecule has 0 radical (unpaired) electrons. The van der Waals surface area contributed by atoms with Gasteiger partial charge in [0.25, 0.3) is 5.95 Å². The van der Waals surface area contributed by atoms with E-state index < -0.39 is 40.5 Å². The molecule has 0 amide bonds. The fourth-order valence-corrected chi connectivity index (χ4v) is 2.91. The van der Waals surface area contributed by atoms with E-state index in [0.29, 0.717) is 11.8 Å². The Morgan fingerprint density at radius 1 is 1.03 bits per heavy atom. The average Bonchev–Trinajstić information content (AvgIpc) is 3.42. The highest BCUT2D eigenvalue weighted by atomic mass is 19.2. The first kappa shape index (κ1) is 20.2. The van der Waals surface area contributed by atoms with E-state index in [1.807, 2.05) is 0 Å². The minimum absolute atomic E-state index is 0.0279. The molecule has 2 aromatic heterocycles. The lowest BCUT2D eigenvalue weighted by Crippen LogP contribution is -2.12. The van der Waals surface area contributed by atoms with Gasteiger partial charge in [-0.2, -0.15) is 14.5 Å². The van der Waals surface area contributed by atoms with Crippen LogP contribution in [-0.4, -0.2) is 42.6 Å². The molecule has 31 heavy (non-hydrogen) atoms. The molecule has 8 nitrogen and oxygen atoms in total. The van der Waals surface area contributed by atoms with E-state index in [-0.39, 0.29) is 18.1 Å². The summed E-state index contributed by atoms with van der Waals surface area (Å²) in [4.78, 5) is 12.4. The summed E-state index contributed by atoms with van der Waals surface area (Å²) in [5.41, 5.74) is -1.02. The van der Waals surface area contributed by atoms with Crippen LogP contribution < -0.4 is 0 Å². The molecule has 0 saturated heterocycles. The van der Waals surface area contributed by atoms with E-state index in [0.717, 1.165) is 10.9 Å². The zero-order valence-electron chi connectivity index (χ0n) is 15.8. The maximum absolute atomic E-state index is 14.6. The number of para-hydroxylation sites is 1. The highest BCUT2D eigenvalue weighted by Crippen LogP contribution is 2.32. The maximum Gasteiger partial charge on any atom is 0.342 e. The van der Waals surface area contributed by atoms with Gasteiger partial charge in [0.2, 0.25) is 0 Å². The molecule has 0 aliphatic carbocycles. The Hall–Kier alpha value is -4.09. The molecule has 0 unspecified atom stereocenters. The lowest BCUT2D eigenvalue weighted by Gasteiger charge is -2.11. The Morgan fingerprint density at radius 3 is 2.48 bits per heavy atom. The quantitative estimate of drug-likeness (QED) is 0.208. The molecular formula is C19H12F4N6O2. The lowest BCUT2D eigenvalue weighted by molar-refractivity contribution is 0.0527. The maximum atomic E-state index is 14.6. The second-order valence-corrected chi connectivity index (χ2v) is 6.11. The average molecular weight is 432 g/mol. The summed E-state index contributed by atoms with van der Waals surface area (Å²) in [6, 6.07) is 8.91. The van der Waals surface area contributed by atoms with Crippen LogP contribution in [0, 0.1) is 23.3 Å². The first-order chi connectivity index (χ1) is 14.9. The number of nitrogens with zero attached hydrogens (tertiary/aromatic N) is 6. The number of aromatic nitrogens is 6. The van der Waals surface area contributed by atoms with E-state index >= 15 is 0 Å². The molecule has 0 bridgehead atoms. The summed E-state index contributed by atoms with van der Waals surface area (Å²) in [6.07, 6.45) is 1.01. The van der Waals surface area contributed by atoms with Crippen LogP contribution in [0.2, 0.25) is 0 Å². The van der Waals surface area contributed by atoms with Crippen LogP contribution in [0.4, 0.5) is 17.6 Å². The van der Waals surface area contributed by atoms with Crippen molar-refractivity contribution in [1.82, 2.24) is 30.0 Å². The predicted molar refractivity (Wildman–Crippen MR) is 97.5 cm³/mol. The number of benzene rings is 2. The Kier molecular flexibility index (Phi) is 5.19. The molecule has 0 saturated carbocycles. The number of hydrogen-bond acceptors (Lipinski definition) is 6. The molecule has 0 atom stereocenters. The van der Waals surface area contributed by atoms with Gasteiger partial charge in [0.1, 0.15) is 5.56 Å². The predicted octanol–water partition coefficient (Wildman–Crippen LogP) is 3.25. The molecule has 0 fully saturated rings. The van der Waals surface area contributed by atoms with Gasteiger partial charge in [-0.25, -0.2) is 22.4 Å². The van der Waals surface area contributed by atoms with Gasteiger partial charge < -0.3 is 4.74 Å². The highest BCUT2D eigenvalue weighted by Gasteiger charge is 2.29. The highest BCUT2D eigenvalue weighted by molar-refractivity contribution is 5.96. The lowest BCUT2D eigenvalue weighted by atomic mass is 10.1. The molecule has 2 heterocycles. The largest absolute Gasteiger partial charge is 0.462 e. The van der Waals surface area contributed by atoms with Gasteiger partial charge in [0, 0.05) is 5.56 Å². The minimum Gasteiger partial charge on any atom is -0.462 e. The molecule has 0 aliphatic heterocycles. The molecular weight excluding hydrogens is 420 g/mol. The zero-order chi connectivity index (χ0) is 22.1. The molecule has 4 aromatic rings. The molecule has 12 heteroatoms. The number of carbonyl (C=O) groups is 1. The first-order valence-electron chi connectivity index (χ1n) is 8.86. The number of halogens is 4. The van der Waals surface area contributed by atoms with Crippen molar-refractivity contribution in [3.05, 3.63) is 71.4 Å². The second kappa shape index (κ2) is 7.97. The summed E-state index contributed by atoms with van der Waals surface area (Å²) in [5.74, 6) is -8.46. The van der Waals surface area contributed by atoms with Crippen LogP contribution in [0.5, 0.6) is 0 Å². The van der Waals surface area contributed by atoms with Crippen molar-refractivity contribution in [2.45, 2.75) is 6.92 Å². The van der Waals surface area contributed by atoms with Gasteiger partial charge >= 0.3 is 5.97 Å². The van der Waals surface area contributed by atoms with Gasteiger partial charge in [-0.1, -0.05) is 23.3 Å². The summed E-state index contributed by atoms with van der Waals surface area (Å²) in [6.45, 7) is 1.51. The van der Waals surface area contributed by atoms with Crippen LogP contribution in [0.25, 0.3) is 22.9 Å². The third-order valence-electron chi connectivity index (χ3n) is 4.27. The third-order valence-corrected chi connectivity index (χ3v) is 4.27. The summed E-state index contributed by atoms with van der Waals surface area (Å²) in [7, 11) is 0. The fraction of sp³-hybridized carbons (Fsp3) is 0.105. The molecule has 158 valence electrons. The van der Waals surface area contributed by atoms with Gasteiger partial charge in [0.05, 0.1) is 24.2 Å². The summed E-state index contributed by atoms with van der Waals surface area (Å²) in [5, 5.41) is 15.2. The number of carbonyl (C=O) groups excluding carboxylic acids is 1. The van der Waals surface area contributed by atoms with Crippen molar-refractivity contribution in [3.63, 3.8) is 0 Å². The van der Waals surface area contributed by atoms with Crippen LogP contribution in [0.15, 0.2) is 42.6 Å². The monoisotopic (exact) mass is 432 g/mol. The Bertz CT molecular complexity index is 1270. The normalized spacial score (nSPS) is 11.0. The topological polar surface area (TPSA) is 87.7 Å². The standard InChI is InChI=1S/C19H12F4N6O2/c1-2-31-18(30)12-9-24-29(17(12)11-8-13(20)15(22)16(23)14(11)21)19-25-26-27-28(19)10-6-4-3-5-7-10/h3-9H,2H2,1H3. The number of hydrogen-bond donors (Lipinski definition) is 0. The van der Waals surface area contributed by atoms with Crippen molar-refractivity contribution in [3.8, 4) is 22.9 Å². The molecule has 4 rings (SSSR count). The Labute approximate surface area is 171 Å². The number of tetrazole rings is 1. The van der Waals surface area contributed by atoms with Crippen LogP contribution in [0.1, 0.15) is 17.3 Å². The van der Waals surface area contributed by atoms with E-state index in [4.69, 9.17) is 4.74 Å². The van der Waals surface area contributed by atoms with Crippen LogP contribution in [0.3, 0.4) is 0 Å². The summed E-state index contributed by atoms with van der Waals surface area (Å²) < 4.78 is 63.1. The van der Waals surface area contributed by atoms with E-state index in [2.05, 4.69) is 20.6 Å². The van der Waals surface area contributed by atoms with E-state index in [9.17, 15) is 22.4 Å². The first-order valence-corrected chi connectivity index (χ1v) is 8.86. The SMILES string of the molecule is CCOC(=O)c1cnn(-c2nnnn2-c2ccccc2)c1-c1cc(F)c(F)c(F)c1F. The van der Waals surface area contributed by atoms with Crippen molar-refractivity contribution in [2.24, 2.45) is 0 Å². The van der Waals surface area contributed by atoms with Crippen LogP contribution in [-0.2, 0) is 4.74 Å². The smallest absolute Gasteiger partial charge is 0.342 e. The number of esters is 1. The van der Waals surface area contributed by atoms with Crippen molar-refractivity contribution in [1.29, 1.82) is 0 Å². The van der Waals surface area contributed by atoms with Gasteiger partial charge in [-0.05, 0) is 35.5 Å². The van der Waals surface area contributed by atoms with E-state index in [1.54, 1.807) is 30.3 Å². The molecule has 0 N–H and O–H groups in total. The second-order valence-electron chi connectivity index (χ2n) is 6.11. The zero-order valence-corrected chi connectivity index (χ0v) is 15.8. The Balaban J connectivity index is 2.00. The van der Waals surface area contributed by atoms with Gasteiger partial charge in [-0.15, -0.1) is 0 Å². The Morgan fingerprint density at radius 2 is 1.77 bits per heavy atom. The summed E-state index contributed by atoms with van der Waals surface area (Å²) >= 11 is 0. The van der Waals surface area contributed by atoms with Crippen molar-refractivity contribution in [2.75, 3.05) is 6.61 Å². The van der Waals surface area contributed by atoms with Crippen LogP contribution >= 0.6 is 0 Å².